The molecule has 0 aromatic heterocycles. The van der Waals surface area contributed by atoms with E-state index < -0.39 is 0 Å². The standard InChI is InChI=1S/C11H18O2/c1-2-9-3-5-11(7-9)8-10(12)4-6-13-11/h9H,2-8H2,1H3. The summed E-state index contributed by atoms with van der Waals surface area (Å²) in [5, 5.41) is 0. The maximum absolute atomic E-state index is 11.3. The van der Waals surface area contributed by atoms with Crippen LogP contribution in [0.15, 0.2) is 0 Å². The van der Waals surface area contributed by atoms with Crippen LogP contribution in [0.5, 0.6) is 0 Å². The quantitative estimate of drug-likeness (QED) is 0.622. The highest BCUT2D eigenvalue weighted by Gasteiger charge is 2.42. The molecule has 0 radical (unpaired) electrons. The van der Waals surface area contributed by atoms with E-state index >= 15 is 0 Å². The van der Waals surface area contributed by atoms with Gasteiger partial charge in [-0.1, -0.05) is 13.3 Å². The van der Waals surface area contributed by atoms with Crippen molar-refractivity contribution in [3.05, 3.63) is 0 Å². The van der Waals surface area contributed by atoms with Gasteiger partial charge in [0.2, 0.25) is 0 Å². The lowest BCUT2D eigenvalue weighted by molar-refractivity contribution is -0.139. The van der Waals surface area contributed by atoms with Crippen LogP contribution < -0.4 is 0 Å². The van der Waals surface area contributed by atoms with E-state index in [1.807, 2.05) is 0 Å². The number of ether oxygens (including phenoxy) is 1. The number of Topliss-reactive ketones (excluding diaryl/α,β-unsaturated/α-hetero) is 1. The third kappa shape index (κ3) is 1.78. The van der Waals surface area contributed by atoms with Crippen LogP contribution >= 0.6 is 0 Å². The molecule has 1 saturated heterocycles. The van der Waals surface area contributed by atoms with Crippen LogP contribution in [0, 0.1) is 5.92 Å². The van der Waals surface area contributed by atoms with Gasteiger partial charge in [-0.25, -0.2) is 0 Å². The average Bonchev–Trinajstić information content (AvgIpc) is 2.48. The minimum absolute atomic E-state index is 0.0317. The van der Waals surface area contributed by atoms with E-state index in [9.17, 15) is 4.79 Å². The third-order valence-corrected chi connectivity index (χ3v) is 3.55. The number of hydrogen-bond acceptors (Lipinski definition) is 2. The molecule has 2 heteroatoms. The molecule has 1 aliphatic heterocycles. The molecule has 2 atom stereocenters. The van der Waals surface area contributed by atoms with Gasteiger partial charge in [0, 0.05) is 12.8 Å². The maximum Gasteiger partial charge on any atom is 0.138 e. The topological polar surface area (TPSA) is 26.3 Å². The normalized spacial score (nSPS) is 40.1. The van der Waals surface area contributed by atoms with Gasteiger partial charge >= 0.3 is 0 Å². The van der Waals surface area contributed by atoms with Crippen LogP contribution in [0.25, 0.3) is 0 Å². The highest BCUT2D eigenvalue weighted by molar-refractivity contribution is 5.80. The van der Waals surface area contributed by atoms with Gasteiger partial charge in [-0.3, -0.25) is 4.79 Å². The van der Waals surface area contributed by atoms with Crippen molar-refractivity contribution in [3.8, 4) is 0 Å². The van der Waals surface area contributed by atoms with Crippen molar-refractivity contribution in [1.29, 1.82) is 0 Å². The SMILES string of the molecule is CCC1CCC2(CC(=O)CCO2)C1. The monoisotopic (exact) mass is 182 g/mol. The molecule has 0 aromatic rings. The predicted molar refractivity (Wildman–Crippen MR) is 50.6 cm³/mol. The van der Waals surface area contributed by atoms with Crippen LogP contribution in [0.2, 0.25) is 0 Å². The lowest BCUT2D eigenvalue weighted by atomic mass is 9.90. The van der Waals surface area contributed by atoms with Crippen molar-refractivity contribution < 1.29 is 9.53 Å². The summed E-state index contributed by atoms with van der Waals surface area (Å²) in [6.45, 7) is 2.89. The van der Waals surface area contributed by atoms with E-state index in [0.717, 1.165) is 18.8 Å². The number of carbonyl (C=O) groups excluding carboxylic acids is 1. The molecular formula is C11H18O2. The van der Waals surface area contributed by atoms with Crippen LogP contribution in [-0.2, 0) is 9.53 Å². The first-order chi connectivity index (χ1) is 6.24. The van der Waals surface area contributed by atoms with E-state index in [1.165, 1.54) is 12.8 Å². The molecule has 74 valence electrons. The molecule has 2 nitrogen and oxygen atoms in total. The second-order valence-electron chi connectivity index (χ2n) is 4.51. The summed E-state index contributed by atoms with van der Waals surface area (Å²) >= 11 is 0. The predicted octanol–water partition coefficient (Wildman–Crippen LogP) is 2.31. The highest BCUT2D eigenvalue weighted by atomic mass is 16.5. The Morgan fingerprint density at radius 2 is 2.46 bits per heavy atom. The molecule has 2 fully saturated rings. The Balaban J connectivity index is 2.01. The van der Waals surface area contributed by atoms with Crippen LogP contribution in [0.1, 0.15) is 45.4 Å². The molecule has 0 amide bonds. The van der Waals surface area contributed by atoms with Crippen molar-refractivity contribution in [2.45, 2.75) is 51.0 Å². The maximum atomic E-state index is 11.3. The summed E-state index contributed by atoms with van der Waals surface area (Å²) < 4.78 is 5.81. The second-order valence-corrected chi connectivity index (χ2v) is 4.51. The number of rotatable bonds is 1. The highest BCUT2D eigenvalue weighted by Crippen LogP contribution is 2.43. The van der Waals surface area contributed by atoms with Gasteiger partial charge in [-0.2, -0.15) is 0 Å². The molecule has 1 heterocycles. The molecule has 1 spiro atoms. The fourth-order valence-electron chi connectivity index (χ4n) is 2.72. The zero-order chi connectivity index (χ0) is 9.31. The molecule has 2 unspecified atom stereocenters. The first-order valence-corrected chi connectivity index (χ1v) is 5.40. The molecule has 2 rings (SSSR count). The average molecular weight is 182 g/mol. The Morgan fingerprint density at radius 1 is 1.62 bits per heavy atom. The molecule has 1 saturated carbocycles. The first-order valence-electron chi connectivity index (χ1n) is 5.40. The van der Waals surface area contributed by atoms with Crippen molar-refractivity contribution in [3.63, 3.8) is 0 Å². The first kappa shape index (κ1) is 9.20. The number of ketones is 1. The molecule has 13 heavy (non-hydrogen) atoms. The van der Waals surface area contributed by atoms with Crippen molar-refractivity contribution in [1.82, 2.24) is 0 Å². The van der Waals surface area contributed by atoms with Crippen molar-refractivity contribution in [2.75, 3.05) is 6.61 Å². The molecule has 1 aliphatic carbocycles. The Bertz CT molecular complexity index is 212. The fraction of sp³-hybridized carbons (Fsp3) is 0.909. The van der Waals surface area contributed by atoms with Gasteiger partial charge in [0.05, 0.1) is 12.2 Å². The summed E-state index contributed by atoms with van der Waals surface area (Å²) in [5.74, 6) is 1.20. The summed E-state index contributed by atoms with van der Waals surface area (Å²) in [6.07, 6.45) is 6.04. The van der Waals surface area contributed by atoms with Gasteiger partial charge in [0.25, 0.3) is 0 Å². The van der Waals surface area contributed by atoms with Crippen LogP contribution in [0.4, 0.5) is 0 Å². The largest absolute Gasteiger partial charge is 0.374 e. The fourth-order valence-corrected chi connectivity index (χ4v) is 2.72. The van der Waals surface area contributed by atoms with Crippen LogP contribution in [-0.4, -0.2) is 18.0 Å². The minimum atomic E-state index is -0.0317. The van der Waals surface area contributed by atoms with Crippen LogP contribution in [0.3, 0.4) is 0 Å². The summed E-state index contributed by atoms with van der Waals surface area (Å²) in [7, 11) is 0. The summed E-state index contributed by atoms with van der Waals surface area (Å²) in [6, 6.07) is 0. The lowest BCUT2D eigenvalue weighted by Crippen LogP contribution is -2.37. The molecule has 2 aliphatic rings. The zero-order valence-corrected chi connectivity index (χ0v) is 8.34. The lowest BCUT2D eigenvalue weighted by Gasteiger charge is -2.33. The Hall–Kier alpha value is -0.370. The van der Waals surface area contributed by atoms with E-state index in [2.05, 4.69) is 6.92 Å². The number of carbonyl (C=O) groups is 1. The minimum Gasteiger partial charge on any atom is -0.374 e. The van der Waals surface area contributed by atoms with E-state index in [4.69, 9.17) is 4.74 Å². The van der Waals surface area contributed by atoms with E-state index in [0.29, 0.717) is 25.2 Å². The van der Waals surface area contributed by atoms with Gasteiger partial charge in [-0.05, 0) is 25.2 Å². The van der Waals surface area contributed by atoms with E-state index in [-0.39, 0.29) is 5.60 Å². The second kappa shape index (κ2) is 3.41. The van der Waals surface area contributed by atoms with Gasteiger partial charge in [0.15, 0.2) is 0 Å². The molecular weight excluding hydrogens is 164 g/mol. The molecule has 0 aromatic carbocycles. The summed E-state index contributed by atoms with van der Waals surface area (Å²) in [4.78, 5) is 11.3. The van der Waals surface area contributed by atoms with Gasteiger partial charge < -0.3 is 4.74 Å². The van der Waals surface area contributed by atoms with Gasteiger partial charge in [-0.15, -0.1) is 0 Å². The Labute approximate surface area is 79.7 Å². The van der Waals surface area contributed by atoms with Crippen molar-refractivity contribution >= 4 is 5.78 Å². The molecule has 0 bridgehead atoms. The van der Waals surface area contributed by atoms with E-state index in [1.54, 1.807) is 0 Å². The Morgan fingerprint density at radius 3 is 3.08 bits per heavy atom. The number of hydrogen-bond donors (Lipinski definition) is 0. The molecule has 0 N–H and O–H groups in total. The van der Waals surface area contributed by atoms with Crippen molar-refractivity contribution in [2.24, 2.45) is 5.92 Å². The summed E-state index contributed by atoms with van der Waals surface area (Å²) in [5.41, 5.74) is -0.0317. The van der Waals surface area contributed by atoms with Gasteiger partial charge in [0.1, 0.15) is 5.78 Å². The zero-order valence-electron chi connectivity index (χ0n) is 8.34. The Kier molecular flexibility index (Phi) is 2.41. The smallest absolute Gasteiger partial charge is 0.138 e. The third-order valence-electron chi connectivity index (χ3n) is 3.55.